The molecule has 1 aliphatic heterocycles. The number of hydrogen-bond donors (Lipinski definition) is 1. The summed E-state index contributed by atoms with van der Waals surface area (Å²) in [6.45, 7) is 6.59. The molecule has 1 aliphatic rings. The fourth-order valence-electron chi connectivity index (χ4n) is 4.40. The van der Waals surface area contributed by atoms with Gasteiger partial charge in [-0.2, -0.15) is 4.99 Å². The highest BCUT2D eigenvalue weighted by Gasteiger charge is 2.31. The van der Waals surface area contributed by atoms with Crippen molar-refractivity contribution in [1.29, 1.82) is 0 Å². The first-order chi connectivity index (χ1) is 23.0. The van der Waals surface area contributed by atoms with Crippen molar-refractivity contribution in [2.75, 3.05) is 29.3 Å². The van der Waals surface area contributed by atoms with Gasteiger partial charge in [0.05, 0.1) is 29.8 Å². The van der Waals surface area contributed by atoms with Crippen molar-refractivity contribution in [3.05, 3.63) is 89.8 Å². The number of aromatic nitrogens is 3. The van der Waals surface area contributed by atoms with Crippen molar-refractivity contribution in [3.63, 3.8) is 0 Å². The molecule has 1 aromatic heterocycles. The zero-order chi connectivity index (χ0) is 34.3. The standard InChI is InChI=1S/C33H32F4N6O4S/c1-4-22(3)46-29-13-5-21(2)17-28(29)42-20-45-15-16-48-32(42)40-31(44)39-27-12-6-23(18-26(27)34)7-14-30-38-19-43(41-30)24-8-10-25(11-9-24)47-33(35,36)37/h5-14,17-19,22H,4,15-16,20H2,1-3H3,(H,39,44)/b14-7+,40-32?. The highest BCUT2D eigenvalue weighted by Crippen LogP contribution is 2.34. The molecule has 0 radical (unpaired) electrons. The number of carbonyl (C=O) groups excluding carboxylic acids is 1. The van der Waals surface area contributed by atoms with Crippen molar-refractivity contribution >= 4 is 46.5 Å². The molecule has 1 saturated heterocycles. The maximum Gasteiger partial charge on any atom is 0.573 e. The second-order valence-corrected chi connectivity index (χ2v) is 11.7. The minimum Gasteiger partial charge on any atom is -0.489 e. The summed E-state index contributed by atoms with van der Waals surface area (Å²) in [5, 5.41) is 7.18. The van der Waals surface area contributed by atoms with Gasteiger partial charge in [0.15, 0.2) is 11.0 Å². The summed E-state index contributed by atoms with van der Waals surface area (Å²) in [5.74, 6) is 0.451. The fraction of sp³-hybridized carbons (Fsp3) is 0.273. The monoisotopic (exact) mass is 684 g/mol. The van der Waals surface area contributed by atoms with E-state index in [1.54, 1.807) is 23.1 Å². The van der Waals surface area contributed by atoms with E-state index in [0.29, 0.717) is 40.2 Å². The third-order valence-electron chi connectivity index (χ3n) is 6.92. The van der Waals surface area contributed by atoms with Gasteiger partial charge < -0.3 is 19.5 Å². The largest absolute Gasteiger partial charge is 0.573 e. The molecule has 15 heteroatoms. The second-order valence-electron chi connectivity index (χ2n) is 10.6. The Bertz CT molecular complexity index is 1800. The maximum absolute atomic E-state index is 15.1. The molecule has 2 amide bonds. The molecule has 1 N–H and O–H groups in total. The average Bonchev–Trinajstić information content (AvgIpc) is 3.40. The van der Waals surface area contributed by atoms with Gasteiger partial charge >= 0.3 is 12.4 Å². The summed E-state index contributed by atoms with van der Waals surface area (Å²) in [4.78, 5) is 23.2. The smallest absolute Gasteiger partial charge is 0.489 e. The van der Waals surface area contributed by atoms with Crippen LogP contribution in [0.15, 0.2) is 72.0 Å². The topological polar surface area (TPSA) is 103 Å². The molecule has 1 fully saturated rings. The summed E-state index contributed by atoms with van der Waals surface area (Å²) in [6.07, 6.45) is 0.510. The molecular weight excluding hydrogens is 652 g/mol. The minimum atomic E-state index is -4.79. The van der Waals surface area contributed by atoms with Crippen LogP contribution in [0.4, 0.5) is 33.7 Å². The number of alkyl halides is 3. The van der Waals surface area contributed by atoms with Gasteiger partial charge in [0.1, 0.15) is 30.4 Å². The van der Waals surface area contributed by atoms with Gasteiger partial charge in [0.2, 0.25) is 0 Å². The first-order valence-corrected chi connectivity index (χ1v) is 15.9. The Morgan fingerprint density at radius 1 is 1.15 bits per heavy atom. The predicted octanol–water partition coefficient (Wildman–Crippen LogP) is 8.08. The van der Waals surface area contributed by atoms with Crippen LogP contribution in [0.2, 0.25) is 0 Å². The summed E-state index contributed by atoms with van der Waals surface area (Å²) >= 11 is 1.35. The number of aryl methyl sites for hydroxylation is 1. The molecule has 5 rings (SSSR count). The number of amidine groups is 1. The number of halogens is 4. The van der Waals surface area contributed by atoms with E-state index in [1.165, 1.54) is 59.2 Å². The maximum atomic E-state index is 15.1. The Labute approximate surface area is 278 Å². The Balaban J connectivity index is 1.26. The van der Waals surface area contributed by atoms with Crippen LogP contribution in [0.1, 0.15) is 37.2 Å². The molecule has 1 atom stereocenters. The SMILES string of the molecule is CCC(C)Oc1ccc(C)cc1N1COCCSC1=NC(=O)Nc1ccc(/C=C/c2ncn(-c3ccc(OC(F)(F)F)cc3)n2)cc1F. The average molecular weight is 685 g/mol. The zero-order valence-corrected chi connectivity index (χ0v) is 27.0. The van der Waals surface area contributed by atoms with Crippen LogP contribution in [0.3, 0.4) is 0 Å². The van der Waals surface area contributed by atoms with Crippen LogP contribution < -0.4 is 19.7 Å². The minimum absolute atomic E-state index is 0.0266. The summed E-state index contributed by atoms with van der Waals surface area (Å²) in [5.41, 5.74) is 2.58. The lowest BCUT2D eigenvalue weighted by molar-refractivity contribution is -0.274. The van der Waals surface area contributed by atoms with Crippen molar-refractivity contribution in [2.45, 2.75) is 39.7 Å². The van der Waals surface area contributed by atoms with E-state index in [0.717, 1.165) is 12.0 Å². The fourth-order valence-corrected chi connectivity index (χ4v) is 5.24. The third-order valence-corrected chi connectivity index (χ3v) is 7.86. The number of urea groups is 1. The van der Waals surface area contributed by atoms with Gasteiger partial charge in [-0.25, -0.2) is 18.9 Å². The molecular formula is C33H32F4N6O4S. The van der Waals surface area contributed by atoms with Crippen LogP contribution >= 0.6 is 11.8 Å². The lowest BCUT2D eigenvalue weighted by Gasteiger charge is -2.26. The van der Waals surface area contributed by atoms with E-state index in [2.05, 4.69) is 25.1 Å². The quantitative estimate of drug-likeness (QED) is 0.177. The van der Waals surface area contributed by atoms with Crippen LogP contribution in [-0.2, 0) is 4.74 Å². The van der Waals surface area contributed by atoms with E-state index in [4.69, 9.17) is 9.47 Å². The number of aliphatic imine (C=N–C) groups is 1. The molecule has 3 aromatic carbocycles. The zero-order valence-electron chi connectivity index (χ0n) is 26.2. The second kappa shape index (κ2) is 15.3. The number of rotatable bonds is 9. The number of anilines is 2. The highest BCUT2D eigenvalue weighted by atomic mass is 32.2. The number of nitrogens with zero attached hydrogens (tertiary/aromatic N) is 5. The van der Waals surface area contributed by atoms with E-state index in [9.17, 15) is 18.0 Å². The van der Waals surface area contributed by atoms with Gasteiger partial charge in [-0.15, -0.1) is 18.3 Å². The number of ether oxygens (including phenoxy) is 3. The van der Waals surface area contributed by atoms with Crippen LogP contribution in [0.5, 0.6) is 11.5 Å². The molecule has 1 unspecified atom stereocenters. The third kappa shape index (κ3) is 9.35. The number of amides is 2. The molecule has 0 saturated carbocycles. The van der Waals surface area contributed by atoms with Gasteiger partial charge in [0, 0.05) is 5.75 Å². The molecule has 10 nitrogen and oxygen atoms in total. The molecule has 4 aromatic rings. The number of nitrogens with one attached hydrogen (secondary N) is 1. The van der Waals surface area contributed by atoms with E-state index in [-0.39, 0.29) is 30.1 Å². The Morgan fingerprint density at radius 2 is 1.94 bits per heavy atom. The predicted molar refractivity (Wildman–Crippen MR) is 177 cm³/mol. The number of carbonyl (C=O) groups is 1. The van der Waals surface area contributed by atoms with Crippen LogP contribution in [0.25, 0.3) is 17.8 Å². The van der Waals surface area contributed by atoms with Gasteiger partial charge in [-0.1, -0.05) is 36.9 Å². The molecule has 0 aliphatic carbocycles. The van der Waals surface area contributed by atoms with Crippen LogP contribution in [0, 0.1) is 12.7 Å². The Kier molecular flexibility index (Phi) is 11.0. The van der Waals surface area contributed by atoms with Gasteiger partial charge in [0.25, 0.3) is 0 Å². The van der Waals surface area contributed by atoms with Crippen molar-refractivity contribution in [1.82, 2.24) is 14.8 Å². The van der Waals surface area contributed by atoms with Crippen LogP contribution in [-0.4, -0.2) is 57.5 Å². The summed E-state index contributed by atoms with van der Waals surface area (Å²) < 4.78 is 69.5. The summed E-state index contributed by atoms with van der Waals surface area (Å²) in [7, 11) is 0. The number of thioether (sulfide) groups is 1. The van der Waals surface area contributed by atoms with Gasteiger partial charge in [-0.05, 0) is 86.0 Å². The summed E-state index contributed by atoms with van der Waals surface area (Å²) in [6, 6.07) is 14.4. The normalized spacial score (nSPS) is 15.4. The molecule has 0 spiro atoms. The number of hydrogen-bond acceptors (Lipinski definition) is 7. The van der Waals surface area contributed by atoms with E-state index >= 15 is 4.39 Å². The van der Waals surface area contributed by atoms with E-state index < -0.39 is 18.2 Å². The number of benzene rings is 3. The first-order valence-electron chi connectivity index (χ1n) is 14.9. The lowest BCUT2D eigenvalue weighted by Crippen LogP contribution is -2.31. The molecule has 48 heavy (non-hydrogen) atoms. The highest BCUT2D eigenvalue weighted by molar-refractivity contribution is 8.14. The van der Waals surface area contributed by atoms with Crippen molar-refractivity contribution < 1.29 is 36.6 Å². The first kappa shape index (κ1) is 34.4. The lowest BCUT2D eigenvalue weighted by atomic mass is 10.2. The Hall–Kier alpha value is -4.89. The van der Waals surface area contributed by atoms with Crippen molar-refractivity contribution in [3.8, 4) is 17.2 Å². The Morgan fingerprint density at radius 3 is 2.67 bits per heavy atom. The van der Waals surface area contributed by atoms with Gasteiger partial charge in [-0.3, -0.25) is 4.90 Å². The van der Waals surface area contributed by atoms with Crippen molar-refractivity contribution in [2.24, 2.45) is 4.99 Å². The molecule has 2 heterocycles. The molecule has 0 bridgehead atoms. The van der Waals surface area contributed by atoms with E-state index in [1.807, 2.05) is 39.0 Å². The molecule has 252 valence electrons.